The molecule has 1 aromatic carbocycles. The van der Waals surface area contributed by atoms with Gasteiger partial charge in [-0.1, -0.05) is 49.8 Å². The van der Waals surface area contributed by atoms with Crippen LogP contribution in [0.1, 0.15) is 68.4 Å². The fourth-order valence-electron chi connectivity index (χ4n) is 3.21. The first kappa shape index (κ1) is 15.7. The van der Waals surface area contributed by atoms with E-state index in [1.165, 1.54) is 49.7 Å². The fraction of sp³-hybridized carbons (Fsp3) is 0.667. The van der Waals surface area contributed by atoms with Crippen molar-refractivity contribution in [1.82, 2.24) is 0 Å². The highest BCUT2D eigenvalue weighted by atomic mass is 35.5. The molecule has 1 nitrogen and oxygen atoms in total. The Labute approximate surface area is 128 Å². The van der Waals surface area contributed by atoms with Crippen LogP contribution in [0.15, 0.2) is 18.2 Å². The minimum Gasteiger partial charge on any atom is -0.494 e. The highest BCUT2D eigenvalue weighted by Gasteiger charge is 2.18. The summed E-state index contributed by atoms with van der Waals surface area (Å²) >= 11 is 6.66. The number of hydrogen-bond acceptors (Lipinski definition) is 1. The Kier molecular flexibility index (Phi) is 6.22. The molecule has 1 fully saturated rings. The summed E-state index contributed by atoms with van der Waals surface area (Å²) in [6, 6.07) is 6.34. The van der Waals surface area contributed by atoms with Crippen LogP contribution in [-0.2, 0) is 0 Å². The van der Waals surface area contributed by atoms with E-state index in [4.69, 9.17) is 16.3 Å². The molecule has 0 heterocycles. The van der Waals surface area contributed by atoms with Crippen molar-refractivity contribution >= 4 is 11.6 Å². The monoisotopic (exact) mass is 294 g/mol. The summed E-state index contributed by atoms with van der Waals surface area (Å²) in [5.74, 6) is 1.85. The number of hydrogen-bond donors (Lipinski definition) is 0. The number of aryl methyl sites for hydroxylation is 1. The molecule has 1 atom stereocenters. The molecular formula is C18H27ClO. The van der Waals surface area contributed by atoms with E-state index in [-0.39, 0.29) is 5.38 Å². The van der Waals surface area contributed by atoms with Crippen molar-refractivity contribution in [2.75, 3.05) is 6.61 Å². The van der Waals surface area contributed by atoms with Crippen molar-refractivity contribution in [2.24, 2.45) is 5.92 Å². The largest absolute Gasteiger partial charge is 0.494 e. The molecule has 0 radical (unpaired) electrons. The van der Waals surface area contributed by atoms with E-state index in [0.717, 1.165) is 18.1 Å². The lowest BCUT2D eigenvalue weighted by atomic mass is 9.85. The molecule has 1 saturated carbocycles. The van der Waals surface area contributed by atoms with Crippen LogP contribution < -0.4 is 4.74 Å². The Morgan fingerprint density at radius 3 is 2.70 bits per heavy atom. The third-order valence-corrected chi connectivity index (χ3v) is 4.81. The maximum Gasteiger partial charge on any atom is 0.123 e. The van der Waals surface area contributed by atoms with Gasteiger partial charge in [-0.25, -0.2) is 0 Å². The van der Waals surface area contributed by atoms with Gasteiger partial charge < -0.3 is 4.74 Å². The highest BCUT2D eigenvalue weighted by Crippen LogP contribution is 2.37. The third-order valence-electron chi connectivity index (χ3n) is 4.36. The first-order valence-electron chi connectivity index (χ1n) is 8.08. The number of benzene rings is 1. The average molecular weight is 295 g/mol. The lowest BCUT2D eigenvalue weighted by Gasteiger charge is -2.23. The van der Waals surface area contributed by atoms with E-state index < -0.39 is 0 Å². The molecule has 0 aromatic heterocycles. The smallest absolute Gasteiger partial charge is 0.123 e. The molecule has 2 heteroatoms. The molecule has 0 bridgehead atoms. The van der Waals surface area contributed by atoms with E-state index in [1.807, 2.05) is 6.92 Å². The molecule has 2 rings (SSSR count). The zero-order valence-corrected chi connectivity index (χ0v) is 13.6. The van der Waals surface area contributed by atoms with Crippen molar-refractivity contribution in [3.05, 3.63) is 29.3 Å². The molecule has 0 N–H and O–H groups in total. The van der Waals surface area contributed by atoms with Gasteiger partial charge in [0, 0.05) is 5.56 Å². The van der Waals surface area contributed by atoms with Crippen molar-refractivity contribution in [3.63, 3.8) is 0 Å². The summed E-state index contributed by atoms with van der Waals surface area (Å²) in [6.45, 7) is 4.83. The molecule has 1 aliphatic rings. The second-order valence-electron chi connectivity index (χ2n) is 6.02. The number of halogens is 1. The van der Waals surface area contributed by atoms with Crippen molar-refractivity contribution < 1.29 is 4.74 Å². The average Bonchev–Trinajstić information content (AvgIpc) is 2.48. The van der Waals surface area contributed by atoms with Crippen LogP contribution >= 0.6 is 11.6 Å². The van der Waals surface area contributed by atoms with Gasteiger partial charge >= 0.3 is 0 Å². The lowest BCUT2D eigenvalue weighted by molar-refractivity contribution is 0.324. The van der Waals surface area contributed by atoms with E-state index in [9.17, 15) is 0 Å². The van der Waals surface area contributed by atoms with E-state index in [1.54, 1.807) is 0 Å². The zero-order valence-electron chi connectivity index (χ0n) is 12.8. The molecule has 20 heavy (non-hydrogen) atoms. The normalized spacial score (nSPS) is 17.9. The minimum atomic E-state index is 0.0818. The van der Waals surface area contributed by atoms with Gasteiger partial charge in [-0.2, -0.15) is 0 Å². The Morgan fingerprint density at radius 1 is 1.25 bits per heavy atom. The van der Waals surface area contributed by atoms with Gasteiger partial charge in [0.25, 0.3) is 0 Å². The number of ether oxygens (including phenoxy) is 1. The van der Waals surface area contributed by atoms with E-state index >= 15 is 0 Å². The summed E-state index contributed by atoms with van der Waals surface area (Å²) in [4.78, 5) is 0. The van der Waals surface area contributed by atoms with Crippen molar-refractivity contribution in [2.45, 2.75) is 64.2 Å². The molecule has 0 saturated heterocycles. The lowest BCUT2D eigenvalue weighted by Crippen LogP contribution is -2.07. The Hall–Kier alpha value is -0.690. The van der Waals surface area contributed by atoms with Crippen molar-refractivity contribution in [3.8, 4) is 5.75 Å². The SMILES string of the molecule is CCOc1ccc(C)cc1C(Cl)CCC1CCCCC1. The third kappa shape index (κ3) is 4.41. The minimum absolute atomic E-state index is 0.0818. The summed E-state index contributed by atoms with van der Waals surface area (Å²) in [5, 5.41) is 0.0818. The topological polar surface area (TPSA) is 9.23 Å². The van der Waals surface area contributed by atoms with Crippen LogP contribution in [0.2, 0.25) is 0 Å². The van der Waals surface area contributed by atoms with Crippen LogP contribution in [0.25, 0.3) is 0 Å². The van der Waals surface area contributed by atoms with Crippen LogP contribution in [0.3, 0.4) is 0 Å². The summed E-state index contributed by atoms with van der Waals surface area (Å²) in [5.41, 5.74) is 2.43. The van der Waals surface area contributed by atoms with E-state index in [0.29, 0.717) is 6.61 Å². The second-order valence-corrected chi connectivity index (χ2v) is 6.55. The highest BCUT2D eigenvalue weighted by molar-refractivity contribution is 6.21. The zero-order chi connectivity index (χ0) is 14.4. The van der Waals surface area contributed by atoms with Gasteiger partial charge in [0.1, 0.15) is 5.75 Å². The molecule has 0 spiro atoms. The number of alkyl halides is 1. The quantitative estimate of drug-likeness (QED) is 0.582. The Balaban J connectivity index is 1.96. The predicted octanol–water partition coefficient (Wildman–Crippen LogP) is 6.03. The van der Waals surface area contributed by atoms with Gasteiger partial charge in [-0.3, -0.25) is 0 Å². The maximum atomic E-state index is 6.66. The molecular weight excluding hydrogens is 268 g/mol. The van der Waals surface area contributed by atoms with Gasteiger partial charge in [0.05, 0.1) is 12.0 Å². The maximum absolute atomic E-state index is 6.66. The molecule has 112 valence electrons. The molecule has 0 aliphatic heterocycles. The summed E-state index contributed by atoms with van der Waals surface area (Å²) in [7, 11) is 0. The second kappa shape index (κ2) is 7.93. The fourth-order valence-corrected chi connectivity index (χ4v) is 3.51. The first-order chi connectivity index (χ1) is 9.70. The van der Waals surface area contributed by atoms with E-state index in [2.05, 4.69) is 25.1 Å². The molecule has 0 amide bonds. The van der Waals surface area contributed by atoms with Gasteiger partial charge in [-0.05, 0) is 38.7 Å². The van der Waals surface area contributed by atoms with Crippen molar-refractivity contribution in [1.29, 1.82) is 0 Å². The van der Waals surface area contributed by atoms with Gasteiger partial charge in [0.2, 0.25) is 0 Å². The van der Waals surface area contributed by atoms with Crippen LogP contribution in [0.5, 0.6) is 5.75 Å². The van der Waals surface area contributed by atoms with Gasteiger partial charge in [0.15, 0.2) is 0 Å². The van der Waals surface area contributed by atoms with Crippen LogP contribution in [0, 0.1) is 12.8 Å². The molecule has 1 aliphatic carbocycles. The first-order valence-corrected chi connectivity index (χ1v) is 8.51. The number of rotatable bonds is 6. The summed E-state index contributed by atoms with van der Waals surface area (Å²) in [6.07, 6.45) is 9.36. The standard InChI is InChI=1S/C18H27ClO/c1-3-20-18-12-9-14(2)13-16(18)17(19)11-10-15-7-5-4-6-8-15/h9,12-13,15,17H,3-8,10-11H2,1-2H3. The van der Waals surface area contributed by atoms with Gasteiger partial charge in [-0.15, -0.1) is 11.6 Å². The molecule has 1 aromatic rings. The predicted molar refractivity (Wildman–Crippen MR) is 86.8 cm³/mol. The summed E-state index contributed by atoms with van der Waals surface area (Å²) < 4.78 is 5.72. The van der Waals surface area contributed by atoms with Crippen LogP contribution in [-0.4, -0.2) is 6.61 Å². The Bertz CT molecular complexity index is 410. The van der Waals surface area contributed by atoms with Crippen LogP contribution in [0.4, 0.5) is 0 Å². The Morgan fingerprint density at radius 2 is 2.00 bits per heavy atom. The molecule has 1 unspecified atom stereocenters.